The van der Waals surface area contributed by atoms with Gasteiger partial charge in [0.1, 0.15) is 0 Å². The number of carbonyl (C=O) groups is 1. The second kappa shape index (κ2) is 5.18. The third-order valence-electron chi connectivity index (χ3n) is 2.57. The number of esters is 1. The smallest absolute Gasteiger partial charge is 0.307 e. The number of fused-ring (bicyclic) bond motifs is 1. The lowest BCUT2D eigenvalue weighted by molar-refractivity contribution is -0.140. The number of aryl methyl sites for hydroxylation is 1. The van der Waals surface area contributed by atoms with Gasteiger partial charge in [-0.15, -0.1) is 0 Å². The Morgan fingerprint density at radius 2 is 2.28 bits per heavy atom. The Morgan fingerprint density at radius 1 is 1.50 bits per heavy atom. The maximum atomic E-state index is 12.1. The number of ether oxygens (including phenoxy) is 1. The zero-order valence-electron chi connectivity index (χ0n) is 9.72. The van der Waals surface area contributed by atoms with Crippen LogP contribution in [0.2, 0.25) is 5.02 Å². The summed E-state index contributed by atoms with van der Waals surface area (Å²) in [7, 11) is 1.31. The molecule has 1 heterocycles. The van der Waals surface area contributed by atoms with Crippen LogP contribution in [0.1, 0.15) is 6.42 Å². The number of aromatic nitrogens is 2. The zero-order chi connectivity index (χ0) is 13.1. The zero-order valence-corrected chi connectivity index (χ0v) is 10.5. The minimum atomic E-state index is -0.368. The summed E-state index contributed by atoms with van der Waals surface area (Å²) < 4.78 is 5.89. The fourth-order valence-corrected chi connectivity index (χ4v) is 1.78. The molecule has 6 heteroatoms. The highest BCUT2D eigenvalue weighted by Crippen LogP contribution is 2.14. The molecule has 0 bridgehead atoms. The van der Waals surface area contributed by atoms with Gasteiger partial charge in [-0.2, -0.15) is 0 Å². The Labute approximate surface area is 108 Å². The molecular weight excluding hydrogens is 256 g/mol. The van der Waals surface area contributed by atoms with Crippen molar-refractivity contribution in [2.75, 3.05) is 7.11 Å². The lowest BCUT2D eigenvalue weighted by atomic mass is 10.2. The molecule has 0 aliphatic carbocycles. The molecule has 1 aromatic carbocycles. The molecule has 2 aromatic rings. The fraction of sp³-hybridized carbons (Fsp3) is 0.250. The molecule has 18 heavy (non-hydrogen) atoms. The van der Waals surface area contributed by atoms with Gasteiger partial charge < -0.3 is 4.74 Å². The number of hydrogen-bond donors (Lipinski definition) is 0. The molecule has 0 saturated heterocycles. The van der Waals surface area contributed by atoms with E-state index in [0.29, 0.717) is 15.9 Å². The minimum Gasteiger partial charge on any atom is -0.469 e. The molecule has 0 N–H and O–H groups in total. The highest BCUT2D eigenvalue weighted by atomic mass is 35.5. The van der Waals surface area contributed by atoms with E-state index in [9.17, 15) is 9.59 Å². The first-order valence-corrected chi connectivity index (χ1v) is 5.71. The lowest BCUT2D eigenvalue weighted by Crippen LogP contribution is -2.22. The first-order chi connectivity index (χ1) is 8.61. The molecule has 0 amide bonds. The van der Waals surface area contributed by atoms with Crippen molar-refractivity contribution in [2.24, 2.45) is 0 Å². The van der Waals surface area contributed by atoms with Crippen LogP contribution in [0.5, 0.6) is 0 Å². The van der Waals surface area contributed by atoms with Crippen LogP contribution in [0, 0.1) is 0 Å². The average molecular weight is 267 g/mol. The molecular formula is C12H11ClN2O3. The summed E-state index contributed by atoms with van der Waals surface area (Å²) in [6.45, 7) is 0.237. The quantitative estimate of drug-likeness (QED) is 0.792. The largest absolute Gasteiger partial charge is 0.469 e. The van der Waals surface area contributed by atoms with Crippen LogP contribution < -0.4 is 5.56 Å². The number of hydrogen-bond acceptors (Lipinski definition) is 4. The Hall–Kier alpha value is -1.88. The van der Waals surface area contributed by atoms with Crippen molar-refractivity contribution in [3.8, 4) is 0 Å². The first-order valence-electron chi connectivity index (χ1n) is 5.33. The molecule has 0 saturated carbocycles. The standard InChI is InChI=1S/C12H11ClN2O3/c1-18-11(16)4-5-15-7-14-10-3-2-8(13)6-9(10)12(15)17/h2-3,6-7H,4-5H2,1H3. The SMILES string of the molecule is COC(=O)CCn1cnc2ccc(Cl)cc2c1=O. The van der Waals surface area contributed by atoms with Crippen LogP contribution in [0.15, 0.2) is 29.3 Å². The van der Waals surface area contributed by atoms with Gasteiger partial charge in [0.15, 0.2) is 0 Å². The number of rotatable bonds is 3. The molecule has 0 fully saturated rings. The van der Waals surface area contributed by atoms with Gasteiger partial charge >= 0.3 is 5.97 Å². The second-order valence-corrected chi connectivity index (χ2v) is 4.17. The van der Waals surface area contributed by atoms with Crippen LogP contribution in [0.3, 0.4) is 0 Å². The Balaban J connectivity index is 2.38. The summed E-state index contributed by atoms with van der Waals surface area (Å²) in [5.41, 5.74) is 0.366. The molecule has 0 unspecified atom stereocenters. The number of nitrogens with zero attached hydrogens (tertiary/aromatic N) is 2. The molecule has 5 nitrogen and oxygen atoms in total. The highest BCUT2D eigenvalue weighted by molar-refractivity contribution is 6.31. The van der Waals surface area contributed by atoms with Crippen molar-refractivity contribution in [3.63, 3.8) is 0 Å². The van der Waals surface area contributed by atoms with E-state index >= 15 is 0 Å². The maximum absolute atomic E-state index is 12.1. The summed E-state index contributed by atoms with van der Waals surface area (Å²) in [5, 5.41) is 0.919. The summed E-state index contributed by atoms with van der Waals surface area (Å²) in [6.07, 6.45) is 1.55. The average Bonchev–Trinajstić information content (AvgIpc) is 2.38. The van der Waals surface area contributed by atoms with Crippen LogP contribution in [-0.4, -0.2) is 22.6 Å². The van der Waals surface area contributed by atoms with Crippen molar-refractivity contribution in [1.82, 2.24) is 9.55 Å². The van der Waals surface area contributed by atoms with E-state index in [1.54, 1.807) is 18.2 Å². The van der Waals surface area contributed by atoms with Crippen LogP contribution in [-0.2, 0) is 16.1 Å². The predicted octanol–water partition coefficient (Wildman–Crippen LogP) is 1.61. The van der Waals surface area contributed by atoms with Crippen molar-refractivity contribution in [3.05, 3.63) is 39.9 Å². The van der Waals surface area contributed by atoms with E-state index in [1.165, 1.54) is 18.0 Å². The Morgan fingerprint density at radius 3 is 3.00 bits per heavy atom. The topological polar surface area (TPSA) is 61.2 Å². The van der Waals surface area contributed by atoms with E-state index in [-0.39, 0.29) is 24.5 Å². The third kappa shape index (κ3) is 2.51. The first kappa shape index (κ1) is 12.6. The van der Waals surface area contributed by atoms with Crippen molar-refractivity contribution >= 4 is 28.5 Å². The van der Waals surface area contributed by atoms with Crippen molar-refractivity contribution in [1.29, 1.82) is 0 Å². The molecule has 0 spiro atoms. The van der Waals surface area contributed by atoms with Gasteiger partial charge in [-0.25, -0.2) is 4.98 Å². The van der Waals surface area contributed by atoms with Gasteiger partial charge in [0, 0.05) is 11.6 Å². The molecule has 94 valence electrons. The van der Waals surface area contributed by atoms with Crippen LogP contribution >= 0.6 is 11.6 Å². The fourth-order valence-electron chi connectivity index (χ4n) is 1.60. The number of benzene rings is 1. The van der Waals surface area contributed by atoms with Gasteiger partial charge in [0.05, 0.1) is 30.8 Å². The number of methoxy groups -OCH3 is 1. The summed E-state index contributed by atoms with van der Waals surface area (Å²) in [5.74, 6) is -0.368. The number of carbonyl (C=O) groups excluding carboxylic acids is 1. The second-order valence-electron chi connectivity index (χ2n) is 3.73. The van der Waals surface area contributed by atoms with Gasteiger partial charge in [0.2, 0.25) is 0 Å². The van der Waals surface area contributed by atoms with E-state index in [2.05, 4.69) is 9.72 Å². The molecule has 2 rings (SSSR count). The normalized spacial score (nSPS) is 10.6. The van der Waals surface area contributed by atoms with E-state index in [1.807, 2.05) is 0 Å². The Bertz CT molecular complexity index is 651. The Kier molecular flexibility index (Phi) is 3.62. The van der Waals surface area contributed by atoms with E-state index < -0.39 is 0 Å². The minimum absolute atomic E-state index is 0.129. The molecule has 0 radical (unpaired) electrons. The monoisotopic (exact) mass is 266 g/mol. The predicted molar refractivity (Wildman–Crippen MR) is 67.6 cm³/mol. The van der Waals surface area contributed by atoms with Gasteiger partial charge in [-0.3, -0.25) is 14.2 Å². The van der Waals surface area contributed by atoms with Crippen LogP contribution in [0.4, 0.5) is 0 Å². The van der Waals surface area contributed by atoms with E-state index in [4.69, 9.17) is 11.6 Å². The van der Waals surface area contributed by atoms with Gasteiger partial charge in [-0.1, -0.05) is 11.6 Å². The molecule has 0 atom stereocenters. The van der Waals surface area contributed by atoms with Crippen LogP contribution in [0.25, 0.3) is 10.9 Å². The summed E-state index contributed by atoms with van der Waals surface area (Å²) in [4.78, 5) is 27.3. The van der Waals surface area contributed by atoms with Gasteiger partial charge in [-0.05, 0) is 18.2 Å². The van der Waals surface area contributed by atoms with Gasteiger partial charge in [0.25, 0.3) is 5.56 Å². The molecule has 0 aliphatic heterocycles. The number of halogens is 1. The lowest BCUT2D eigenvalue weighted by Gasteiger charge is -2.05. The highest BCUT2D eigenvalue weighted by Gasteiger charge is 2.06. The third-order valence-corrected chi connectivity index (χ3v) is 2.81. The summed E-state index contributed by atoms with van der Waals surface area (Å²) in [6, 6.07) is 4.93. The van der Waals surface area contributed by atoms with E-state index in [0.717, 1.165) is 0 Å². The molecule has 1 aromatic heterocycles. The summed E-state index contributed by atoms with van der Waals surface area (Å²) >= 11 is 5.84. The maximum Gasteiger partial charge on any atom is 0.307 e. The van der Waals surface area contributed by atoms with Crippen molar-refractivity contribution in [2.45, 2.75) is 13.0 Å². The van der Waals surface area contributed by atoms with Crippen molar-refractivity contribution < 1.29 is 9.53 Å². The molecule has 0 aliphatic rings.